The van der Waals surface area contributed by atoms with Crippen molar-refractivity contribution in [1.29, 1.82) is 0 Å². The third kappa shape index (κ3) is 4.95. The molecule has 10 heteroatoms. The summed E-state index contributed by atoms with van der Waals surface area (Å²) in [7, 11) is -3.78. The minimum Gasteiger partial charge on any atom is -0.298 e. The van der Waals surface area contributed by atoms with Gasteiger partial charge in [-0.1, -0.05) is 30.5 Å². The Morgan fingerprint density at radius 2 is 1.84 bits per heavy atom. The van der Waals surface area contributed by atoms with E-state index in [1.54, 1.807) is 11.6 Å². The average molecular weight is 477 g/mol. The largest absolute Gasteiger partial charge is 0.298 e. The van der Waals surface area contributed by atoms with Gasteiger partial charge in [-0.25, -0.2) is 13.4 Å². The van der Waals surface area contributed by atoms with Crippen LogP contribution in [0.3, 0.4) is 0 Å². The van der Waals surface area contributed by atoms with Crippen LogP contribution >= 0.6 is 22.9 Å². The molecule has 1 fully saturated rings. The number of nitrogens with zero attached hydrogens (tertiary/aromatic N) is 3. The summed E-state index contributed by atoms with van der Waals surface area (Å²) in [5, 5.41) is 5.03. The molecule has 0 aliphatic carbocycles. The van der Waals surface area contributed by atoms with E-state index in [4.69, 9.17) is 11.6 Å². The van der Waals surface area contributed by atoms with Gasteiger partial charge in [0.05, 0.1) is 10.7 Å². The van der Waals surface area contributed by atoms with Crippen molar-refractivity contribution in [2.75, 3.05) is 18.4 Å². The summed E-state index contributed by atoms with van der Waals surface area (Å²) in [6.45, 7) is 0.926. The highest BCUT2D eigenvalue weighted by Crippen LogP contribution is 2.29. The quantitative estimate of drug-likeness (QED) is 0.577. The lowest BCUT2D eigenvalue weighted by Crippen LogP contribution is -2.32. The molecule has 1 amide bonds. The number of halogens is 1. The summed E-state index contributed by atoms with van der Waals surface area (Å²) in [6, 6.07) is 9.80. The minimum absolute atomic E-state index is 0.0444. The molecule has 1 aliphatic rings. The first-order valence-electron chi connectivity index (χ1n) is 9.93. The molecule has 3 heterocycles. The normalized spacial score (nSPS) is 15.4. The number of carbonyl (C=O) groups excluding carboxylic acids is 1. The molecular weight excluding hydrogens is 456 g/mol. The topological polar surface area (TPSA) is 92.3 Å². The second kappa shape index (κ2) is 9.44. The number of sulfonamides is 1. The molecular formula is C21H21ClN4O3S2. The fraction of sp³-hybridized carbons (Fsp3) is 0.286. The molecule has 7 nitrogen and oxygen atoms in total. The van der Waals surface area contributed by atoms with Crippen LogP contribution in [0.4, 0.5) is 5.13 Å². The first-order valence-corrected chi connectivity index (χ1v) is 12.6. The molecule has 3 aromatic rings. The Morgan fingerprint density at radius 1 is 1.06 bits per heavy atom. The first-order chi connectivity index (χ1) is 14.9. The van der Waals surface area contributed by atoms with Gasteiger partial charge < -0.3 is 0 Å². The van der Waals surface area contributed by atoms with Crippen LogP contribution in [0.15, 0.2) is 52.9 Å². The van der Waals surface area contributed by atoms with E-state index in [-0.39, 0.29) is 15.5 Å². The number of anilines is 1. The maximum Gasteiger partial charge on any atom is 0.257 e. The molecule has 0 bridgehead atoms. The molecule has 0 atom stereocenters. The third-order valence-electron chi connectivity index (χ3n) is 5.03. The van der Waals surface area contributed by atoms with Gasteiger partial charge in [0.15, 0.2) is 5.13 Å². The lowest BCUT2D eigenvalue weighted by Gasteiger charge is -2.21. The fourth-order valence-electron chi connectivity index (χ4n) is 3.40. The van der Waals surface area contributed by atoms with Crippen LogP contribution in [-0.2, 0) is 10.0 Å². The van der Waals surface area contributed by atoms with Crippen LogP contribution in [-0.4, -0.2) is 41.7 Å². The number of carbonyl (C=O) groups is 1. The number of aromatic nitrogens is 2. The van der Waals surface area contributed by atoms with Crippen molar-refractivity contribution in [3.8, 4) is 11.4 Å². The van der Waals surface area contributed by atoms with Gasteiger partial charge in [0.2, 0.25) is 10.0 Å². The van der Waals surface area contributed by atoms with E-state index in [1.807, 2.05) is 18.2 Å². The van der Waals surface area contributed by atoms with Crippen LogP contribution in [0.1, 0.15) is 36.0 Å². The summed E-state index contributed by atoms with van der Waals surface area (Å²) in [5.74, 6) is -0.453. The summed E-state index contributed by atoms with van der Waals surface area (Å²) < 4.78 is 27.8. The van der Waals surface area contributed by atoms with E-state index >= 15 is 0 Å². The van der Waals surface area contributed by atoms with Crippen molar-refractivity contribution in [2.24, 2.45) is 0 Å². The maximum absolute atomic E-state index is 13.1. The van der Waals surface area contributed by atoms with E-state index in [0.29, 0.717) is 29.6 Å². The molecule has 4 rings (SSSR count). The highest BCUT2D eigenvalue weighted by atomic mass is 35.5. The molecule has 0 radical (unpaired) electrons. The van der Waals surface area contributed by atoms with Crippen LogP contribution in [0.25, 0.3) is 11.4 Å². The number of thiazole rings is 1. The number of hydrogen-bond acceptors (Lipinski definition) is 6. The van der Waals surface area contributed by atoms with Crippen molar-refractivity contribution in [1.82, 2.24) is 14.3 Å². The van der Waals surface area contributed by atoms with Crippen molar-refractivity contribution >= 4 is 44.0 Å². The Kier molecular flexibility index (Phi) is 6.66. The van der Waals surface area contributed by atoms with Gasteiger partial charge in [-0.05, 0) is 43.2 Å². The number of pyridine rings is 1. The monoisotopic (exact) mass is 476 g/mol. The second-order valence-corrected chi connectivity index (χ2v) is 10.3. The van der Waals surface area contributed by atoms with Gasteiger partial charge >= 0.3 is 0 Å². The van der Waals surface area contributed by atoms with Gasteiger partial charge in [0.25, 0.3) is 5.91 Å². The predicted molar refractivity (Wildman–Crippen MR) is 122 cm³/mol. The lowest BCUT2D eigenvalue weighted by molar-refractivity contribution is 0.102. The number of rotatable bonds is 5. The third-order valence-corrected chi connectivity index (χ3v) is 8.17. The molecule has 1 aromatic carbocycles. The minimum atomic E-state index is -3.78. The van der Waals surface area contributed by atoms with E-state index in [1.165, 1.54) is 33.8 Å². The average Bonchev–Trinajstić information content (AvgIpc) is 3.05. The molecule has 2 aromatic heterocycles. The van der Waals surface area contributed by atoms with Crippen LogP contribution in [0, 0.1) is 0 Å². The Bertz CT molecular complexity index is 1170. The summed E-state index contributed by atoms with van der Waals surface area (Å²) >= 11 is 7.49. The van der Waals surface area contributed by atoms with E-state index in [9.17, 15) is 13.2 Å². The van der Waals surface area contributed by atoms with Gasteiger partial charge in [-0.3, -0.25) is 15.1 Å². The second-order valence-electron chi connectivity index (χ2n) is 7.17. The Morgan fingerprint density at radius 3 is 2.55 bits per heavy atom. The van der Waals surface area contributed by atoms with Crippen LogP contribution < -0.4 is 5.32 Å². The van der Waals surface area contributed by atoms with Crippen molar-refractivity contribution in [3.05, 3.63) is 58.6 Å². The highest BCUT2D eigenvalue weighted by molar-refractivity contribution is 7.89. The first kappa shape index (κ1) is 21.9. The van der Waals surface area contributed by atoms with E-state index < -0.39 is 15.9 Å². The number of benzene rings is 1. The molecule has 0 spiro atoms. The molecule has 1 saturated heterocycles. The van der Waals surface area contributed by atoms with E-state index in [2.05, 4.69) is 15.3 Å². The maximum atomic E-state index is 13.1. The zero-order valence-corrected chi connectivity index (χ0v) is 19.0. The van der Waals surface area contributed by atoms with Crippen molar-refractivity contribution in [3.63, 3.8) is 0 Å². The molecule has 0 unspecified atom stereocenters. The fourth-order valence-corrected chi connectivity index (χ4v) is 6.11. The Labute approximate surface area is 190 Å². The predicted octanol–water partition coefficient (Wildman–Crippen LogP) is 4.68. The molecule has 1 N–H and O–H groups in total. The van der Waals surface area contributed by atoms with Gasteiger partial charge in [0, 0.05) is 30.2 Å². The standard InChI is InChI=1S/C21H21ClN4O3S2/c22-16-9-8-15(13-19(16)31(28,29)26-11-5-1-2-6-12-26)20(27)25-21-24-18(14-30-21)17-7-3-4-10-23-17/h3-4,7-10,13-14H,1-2,5-6,11-12H2,(H,24,25,27). The molecule has 162 valence electrons. The zero-order valence-electron chi connectivity index (χ0n) is 16.6. The van der Waals surface area contributed by atoms with Gasteiger partial charge in [-0.15, -0.1) is 11.3 Å². The molecule has 0 saturated carbocycles. The summed E-state index contributed by atoms with van der Waals surface area (Å²) in [6.07, 6.45) is 5.33. The van der Waals surface area contributed by atoms with Gasteiger partial charge in [-0.2, -0.15) is 4.31 Å². The summed E-state index contributed by atoms with van der Waals surface area (Å²) in [5.41, 5.74) is 1.56. The summed E-state index contributed by atoms with van der Waals surface area (Å²) in [4.78, 5) is 21.4. The highest BCUT2D eigenvalue weighted by Gasteiger charge is 2.28. The zero-order chi connectivity index (χ0) is 21.8. The lowest BCUT2D eigenvalue weighted by atomic mass is 10.2. The van der Waals surface area contributed by atoms with Gasteiger partial charge in [0.1, 0.15) is 10.6 Å². The van der Waals surface area contributed by atoms with E-state index in [0.717, 1.165) is 25.7 Å². The number of nitrogens with one attached hydrogen (secondary N) is 1. The number of hydrogen-bond donors (Lipinski definition) is 1. The van der Waals surface area contributed by atoms with Crippen LogP contribution in [0.5, 0.6) is 0 Å². The number of amides is 1. The SMILES string of the molecule is O=C(Nc1nc(-c2ccccn2)cs1)c1ccc(Cl)c(S(=O)(=O)N2CCCCCC2)c1. The van der Waals surface area contributed by atoms with Crippen LogP contribution in [0.2, 0.25) is 5.02 Å². The molecule has 31 heavy (non-hydrogen) atoms. The van der Waals surface area contributed by atoms with Crippen molar-refractivity contribution < 1.29 is 13.2 Å². The smallest absolute Gasteiger partial charge is 0.257 e. The van der Waals surface area contributed by atoms with Crippen molar-refractivity contribution in [2.45, 2.75) is 30.6 Å². The molecule has 1 aliphatic heterocycles. The Hall–Kier alpha value is -2.33. The Balaban J connectivity index is 1.55.